The van der Waals surface area contributed by atoms with Crippen molar-refractivity contribution in [3.8, 4) is 0 Å². The molecule has 0 amide bonds. The zero-order valence-corrected chi connectivity index (χ0v) is 10.5. The van der Waals surface area contributed by atoms with E-state index in [0.717, 1.165) is 10.8 Å². The molecule has 0 atom stereocenters. The minimum absolute atomic E-state index is 0.196. The molecule has 0 aliphatic rings. The number of aryl methyl sites for hydroxylation is 1. The average molecular weight is 228 g/mol. The van der Waals surface area contributed by atoms with Crippen LogP contribution in [0.3, 0.4) is 0 Å². The first-order chi connectivity index (χ1) is 8.04. The highest BCUT2D eigenvalue weighted by Gasteiger charge is 2.12. The first-order valence-electron chi connectivity index (χ1n) is 5.89. The van der Waals surface area contributed by atoms with Crippen LogP contribution in [0, 0.1) is 12.7 Å². The van der Waals surface area contributed by atoms with Gasteiger partial charge in [0.1, 0.15) is 5.82 Å². The summed E-state index contributed by atoms with van der Waals surface area (Å²) in [4.78, 5) is 0. The Morgan fingerprint density at radius 3 is 2.53 bits per heavy atom. The van der Waals surface area contributed by atoms with Crippen LogP contribution < -0.4 is 0 Å². The molecule has 0 radical (unpaired) electrons. The quantitative estimate of drug-likeness (QED) is 0.674. The molecule has 0 aliphatic carbocycles. The van der Waals surface area contributed by atoms with Crippen LogP contribution in [-0.2, 0) is 0 Å². The molecule has 0 saturated heterocycles. The normalized spacial score (nSPS) is 11.1. The third-order valence-electron chi connectivity index (χ3n) is 3.11. The highest BCUT2D eigenvalue weighted by Crippen LogP contribution is 2.31. The lowest BCUT2D eigenvalue weighted by Crippen LogP contribution is -1.95. The van der Waals surface area contributed by atoms with E-state index in [4.69, 9.17) is 0 Å². The summed E-state index contributed by atoms with van der Waals surface area (Å²) in [6, 6.07) is 7.59. The molecule has 0 saturated carbocycles. The van der Waals surface area contributed by atoms with E-state index in [9.17, 15) is 4.39 Å². The van der Waals surface area contributed by atoms with E-state index in [0.29, 0.717) is 11.5 Å². The Hall–Kier alpha value is -1.63. The lowest BCUT2D eigenvalue weighted by atomic mass is 9.91. The maximum atomic E-state index is 13.8. The molecule has 2 aromatic rings. The van der Waals surface area contributed by atoms with Gasteiger partial charge in [-0.2, -0.15) is 0 Å². The van der Waals surface area contributed by atoms with Gasteiger partial charge in [-0.25, -0.2) is 4.39 Å². The number of hydrogen-bond acceptors (Lipinski definition) is 0. The van der Waals surface area contributed by atoms with Gasteiger partial charge in [0.05, 0.1) is 0 Å². The van der Waals surface area contributed by atoms with E-state index in [2.05, 4.69) is 39.5 Å². The summed E-state index contributed by atoms with van der Waals surface area (Å²) in [6.45, 7) is 10.1. The Morgan fingerprint density at radius 2 is 1.94 bits per heavy atom. The zero-order chi connectivity index (χ0) is 12.6. The second-order valence-electron chi connectivity index (χ2n) is 4.77. The summed E-state index contributed by atoms with van der Waals surface area (Å²) in [7, 11) is 0. The second-order valence-corrected chi connectivity index (χ2v) is 4.77. The van der Waals surface area contributed by atoms with Crippen LogP contribution in [0.5, 0.6) is 0 Å². The smallest absolute Gasteiger partial charge is 0.131 e. The molecule has 0 aliphatic heterocycles. The molecule has 2 rings (SSSR count). The number of benzene rings is 2. The first-order valence-corrected chi connectivity index (χ1v) is 5.89. The minimum Gasteiger partial charge on any atom is -0.206 e. The molecule has 0 spiro atoms. The molecular formula is C16H17F. The van der Waals surface area contributed by atoms with Gasteiger partial charge in [-0.3, -0.25) is 0 Å². The van der Waals surface area contributed by atoms with Gasteiger partial charge in [0.25, 0.3) is 0 Å². The molecule has 0 heterocycles. The van der Waals surface area contributed by atoms with E-state index in [-0.39, 0.29) is 5.82 Å². The van der Waals surface area contributed by atoms with Gasteiger partial charge >= 0.3 is 0 Å². The van der Waals surface area contributed by atoms with Crippen molar-refractivity contribution in [2.45, 2.75) is 26.7 Å². The Morgan fingerprint density at radius 1 is 1.24 bits per heavy atom. The van der Waals surface area contributed by atoms with Crippen molar-refractivity contribution in [3.05, 3.63) is 53.4 Å². The van der Waals surface area contributed by atoms with Crippen molar-refractivity contribution in [1.29, 1.82) is 0 Å². The Labute approximate surface area is 102 Å². The Kier molecular flexibility index (Phi) is 3.01. The molecular weight excluding hydrogens is 211 g/mol. The molecule has 2 aromatic carbocycles. The maximum Gasteiger partial charge on any atom is 0.131 e. The SMILES string of the molecule is C=Cc1c(F)ccc2cc(C)cc(C(C)C)c12. The van der Waals surface area contributed by atoms with Crippen molar-refractivity contribution in [3.63, 3.8) is 0 Å². The van der Waals surface area contributed by atoms with Gasteiger partial charge in [0.2, 0.25) is 0 Å². The fraction of sp³-hybridized carbons (Fsp3) is 0.250. The zero-order valence-electron chi connectivity index (χ0n) is 10.5. The van der Waals surface area contributed by atoms with E-state index < -0.39 is 0 Å². The molecule has 0 nitrogen and oxygen atoms in total. The van der Waals surface area contributed by atoms with Gasteiger partial charge in [-0.05, 0) is 35.2 Å². The molecule has 88 valence electrons. The summed E-state index contributed by atoms with van der Waals surface area (Å²) in [6.07, 6.45) is 1.61. The third kappa shape index (κ3) is 1.97. The van der Waals surface area contributed by atoms with E-state index >= 15 is 0 Å². The molecule has 0 unspecified atom stereocenters. The molecule has 1 heteroatoms. The molecule has 0 N–H and O–H groups in total. The number of halogens is 1. The summed E-state index contributed by atoms with van der Waals surface area (Å²) < 4.78 is 13.8. The van der Waals surface area contributed by atoms with Crippen LogP contribution in [0.1, 0.15) is 36.5 Å². The van der Waals surface area contributed by atoms with Crippen LogP contribution in [0.4, 0.5) is 4.39 Å². The van der Waals surface area contributed by atoms with Gasteiger partial charge in [-0.15, -0.1) is 0 Å². The monoisotopic (exact) mass is 228 g/mol. The van der Waals surface area contributed by atoms with E-state index in [1.807, 2.05) is 6.07 Å². The summed E-state index contributed by atoms with van der Waals surface area (Å²) in [5.74, 6) is 0.177. The predicted octanol–water partition coefficient (Wildman–Crippen LogP) is 5.05. The fourth-order valence-electron chi connectivity index (χ4n) is 2.31. The van der Waals surface area contributed by atoms with E-state index in [1.54, 1.807) is 6.08 Å². The second kappa shape index (κ2) is 4.33. The highest BCUT2D eigenvalue weighted by atomic mass is 19.1. The predicted molar refractivity (Wildman–Crippen MR) is 72.8 cm³/mol. The average Bonchev–Trinajstić information content (AvgIpc) is 2.28. The summed E-state index contributed by atoms with van der Waals surface area (Å²) >= 11 is 0. The molecule has 17 heavy (non-hydrogen) atoms. The van der Waals surface area contributed by atoms with Crippen LogP contribution in [0.15, 0.2) is 30.8 Å². The maximum absolute atomic E-state index is 13.8. The topological polar surface area (TPSA) is 0 Å². The minimum atomic E-state index is -0.196. The van der Waals surface area contributed by atoms with Gasteiger partial charge < -0.3 is 0 Å². The van der Waals surface area contributed by atoms with Crippen molar-refractivity contribution in [2.24, 2.45) is 0 Å². The molecule has 0 fully saturated rings. The Bertz CT molecular complexity index is 580. The number of rotatable bonds is 2. The first kappa shape index (κ1) is 11.8. The third-order valence-corrected chi connectivity index (χ3v) is 3.11. The largest absolute Gasteiger partial charge is 0.206 e. The van der Waals surface area contributed by atoms with Crippen LogP contribution >= 0.6 is 0 Å². The number of hydrogen-bond donors (Lipinski definition) is 0. The number of fused-ring (bicyclic) bond motifs is 1. The van der Waals surface area contributed by atoms with Gasteiger partial charge in [-0.1, -0.05) is 50.3 Å². The lowest BCUT2D eigenvalue weighted by molar-refractivity contribution is 0.627. The van der Waals surface area contributed by atoms with Crippen LogP contribution in [0.2, 0.25) is 0 Å². The van der Waals surface area contributed by atoms with Crippen LogP contribution in [0.25, 0.3) is 16.8 Å². The molecule has 0 bridgehead atoms. The van der Waals surface area contributed by atoms with Gasteiger partial charge in [0, 0.05) is 5.56 Å². The Balaban J connectivity index is 2.96. The summed E-state index contributed by atoms with van der Waals surface area (Å²) in [5.41, 5.74) is 3.02. The summed E-state index contributed by atoms with van der Waals surface area (Å²) in [5, 5.41) is 2.09. The molecule has 0 aromatic heterocycles. The van der Waals surface area contributed by atoms with Crippen molar-refractivity contribution in [1.82, 2.24) is 0 Å². The van der Waals surface area contributed by atoms with E-state index in [1.165, 1.54) is 17.2 Å². The van der Waals surface area contributed by atoms with Crippen molar-refractivity contribution < 1.29 is 4.39 Å². The van der Waals surface area contributed by atoms with Crippen molar-refractivity contribution >= 4 is 16.8 Å². The standard InChI is InChI=1S/C16H17F/c1-5-13-15(17)7-6-12-8-11(4)9-14(10(2)3)16(12)13/h5-10H,1H2,2-4H3. The highest BCUT2D eigenvalue weighted by molar-refractivity contribution is 5.94. The fourth-order valence-corrected chi connectivity index (χ4v) is 2.31. The van der Waals surface area contributed by atoms with Crippen molar-refractivity contribution in [2.75, 3.05) is 0 Å². The van der Waals surface area contributed by atoms with Crippen LogP contribution in [-0.4, -0.2) is 0 Å². The van der Waals surface area contributed by atoms with Gasteiger partial charge in [0.15, 0.2) is 0 Å². The lowest BCUT2D eigenvalue weighted by Gasteiger charge is -2.14.